The van der Waals surface area contributed by atoms with Crippen molar-refractivity contribution in [2.45, 2.75) is 0 Å². The first kappa shape index (κ1) is 16.4. The van der Waals surface area contributed by atoms with Crippen LogP contribution in [0.15, 0.2) is 71.6 Å². The molecule has 2 heterocycles. The van der Waals surface area contributed by atoms with Crippen molar-refractivity contribution in [1.29, 1.82) is 0 Å². The summed E-state index contributed by atoms with van der Waals surface area (Å²) in [5, 5.41) is 2.57. The molecule has 2 aromatic carbocycles. The molecule has 7 heteroatoms. The second kappa shape index (κ2) is 6.68. The largest absolute Gasteiger partial charge is 0.319 e. The topological polar surface area (TPSA) is 59.8 Å². The minimum atomic E-state index is -0.500. The van der Waals surface area contributed by atoms with Crippen LogP contribution >= 0.6 is 15.9 Å². The van der Waals surface area contributed by atoms with Crippen LogP contribution in [-0.4, -0.2) is 20.4 Å². The number of nitrogens with one attached hydrogen (secondary N) is 1. The molecule has 0 saturated heterocycles. The number of fused-ring (bicyclic) bond motifs is 1. The highest BCUT2D eigenvalue weighted by molar-refractivity contribution is 9.10. The van der Waals surface area contributed by atoms with Gasteiger partial charge in [0, 0.05) is 21.9 Å². The maximum atomic E-state index is 13.9. The molecule has 1 N–H and O–H groups in total. The summed E-state index contributed by atoms with van der Waals surface area (Å²) in [6.45, 7) is 0. The number of carbonyl (C=O) groups excluding carboxylic acids is 1. The molecule has 0 atom stereocenters. The van der Waals surface area contributed by atoms with Gasteiger partial charge in [0.15, 0.2) is 5.65 Å². The first-order chi connectivity index (χ1) is 12.6. The van der Waals surface area contributed by atoms with Gasteiger partial charge in [0.2, 0.25) is 0 Å². The zero-order valence-electron chi connectivity index (χ0n) is 13.4. The molecule has 4 aromatic rings. The van der Waals surface area contributed by atoms with Crippen LogP contribution in [-0.2, 0) is 0 Å². The highest BCUT2D eigenvalue weighted by atomic mass is 79.9. The summed E-state index contributed by atoms with van der Waals surface area (Å²) in [5.74, 6) is -0.883. The summed E-state index contributed by atoms with van der Waals surface area (Å²) in [4.78, 5) is 21.0. The van der Waals surface area contributed by atoms with Crippen molar-refractivity contribution in [2.75, 3.05) is 5.32 Å². The normalized spacial score (nSPS) is 10.8. The van der Waals surface area contributed by atoms with Crippen molar-refractivity contribution in [1.82, 2.24) is 14.5 Å². The Morgan fingerprint density at radius 3 is 2.65 bits per heavy atom. The number of hydrogen-bond donors (Lipinski definition) is 1. The van der Waals surface area contributed by atoms with E-state index < -0.39 is 5.82 Å². The predicted molar refractivity (Wildman–Crippen MR) is 101 cm³/mol. The van der Waals surface area contributed by atoms with Gasteiger partial charge in [-0.1, -0.05) is 15.9 Å². The van der Waals surface area contributed by atoms with Gasteiger partial charge < -0.3 is 5.32 Å². The quantitative estimate of drug-likeness (QED) is 0.537. The molecular formula is C19H12BrFN4O. The SMILES string of the molecule is O=C(Nc1ccc(Br)cc1F)c1ccc(-n2cnc3cccnc32)cc1. The van der Waals surface area contributed by atoms with Crippen LogP contribution in [0.3, 0.4) is 0 Å². The molecule has 4 rings (SSSR count). The van der Waals surface area contributed by atoms with Crippen LogP contribution in [0.25, 0.3) is 16.9 Å². The summed E-state index contributed by atoms with van der Waals surface area (Å²) < 4.78 is 16.3. The Balaban J connectivity index is 1.58. The second-order valence-electron chi connectivity index (χ2n) is 5.59. The fourth-order valence-corrected chi connectivity index (χ4v) is 2.93. The minimum absolute atomic E-state index is 0.132. The summed E-state index contributed by atoms with van der Waals surface area (Å²) in [5.41, 5.74) is 2.92. The van der Waals surface area contributed by atoms with Gasteiger partial charge in [-0.15, -0.1) is 0 Å². The smallest absolute Gasteiger partial charge is 0.255 e. The Hall–Kier alpha value is -3.06. The number of nitrogens with zero attached hydrogens (tertiary/aromatic N) is 3. The van der Waals surface area contributed by atoms with Gasteiger partial charge in [0.1, 0.15) is 17.7 Å². The first-order valence-corrected chi connectivity index (χ1v) is 8.56. The number of imidazole rings is 1. The number of rotatable bonds is 3. The fraction of sp³-hybridized carbons (Fsp3) is 0. The van der Waals surface area contributed by atoms with Crippen LogP contribution in [0.5, 0.6) is 0 Å². The van der Waals surface area contributed by atoms with E-state index in [-0.39, 0.29) is 11.6 Å². The molecule has 5 nitrogen and oxygen atoms in total. The monoisotopic (exact) mass is 410 g/mol. The van der Waals surface area contributed by atoms with Crippen LogP contribution in [0.4, 0.5) is 10.1 Å². The van der Waals surface area contributed by atoms with Crippen LogP contribution in [0.1, 0.15) is 10.4 Å². The highest BCUT2D eigenvalue weighted by Crippen LogP contribution is 2.21. The van der Waals surface area contributed by atoms with Gasteiger partial charge in [-0.25, -0.2) is 14.4 Å². The summed E-state index contributed by atoms with van der Waals surface area (Å²) in [6.07, 6.45) is 3.39. The van der Waals surface area contributed by atoms with Crippen molar-refractivity contribution in [3.63, 3.8) is 0 Å². The molecule has 2 aromatic heterocycles. The summed E-state index contributed by atoms with van der Waals surface area (Å²) in [6, 6.07) is 15.1. The van der Waals surface area contributed by atoms with Gasteiger partial charge in [-0.05, 0) is 54.6 Å². The maximum absolute atomic E-state index is 13.9. The lowest BCUT2D eigenvalue weighted by atomic mass is 10.2. The Morgan fingerprint density at radius 2 is 1.88 bits per heavy atom. The van der Waals surface area contributed by atoms with Gasteiger partial charge in [-0.2, -0.15) is 0 Å². The Morgan fingerprint density at radius 1 is 1.08 bits per heavy atom. The molecule has 0 radical (unpaired) electrons. The number of carbonyl (C=O) groups is 1. The van der Waals surface area contributed by atoms with Gasteiger partial charge in [0.05, 0.1) is 5.69 Å². The van der Waals surface area contributed by atoms with E-state index in [9.17, 15) is 9.18 Å². The lowest BCUT2D eigenvalue weighted by Gasteiger charge is -2.08. The summed E-state index contributed by atoms with van der Waals surface area (Å²) in [7, 11) is 0. The number of aromatic nitrogens is 3. The molecular weight excluding hydrogens is 399 g/mol. The van der Waals surface area contributed by atoms with Gasteiger partial charge >= 0.3 is 0 Å². The van der Waals surface area contributed by atoms with Crippen molar-refractivity contribution < 1.29 is 9.18 Å². The number of hydrogen-bond acceptors (Lipinski definition) is 3. The molecule has 128 valence electrons. The fourth-order valence-electron chi connectivity index (χ4n) is 2.60. The van der Waals surface area contributed by atoms with Gasteiger partial charge in [0.25, 0.3) is 5.91 Å². The first-order valence-electron chi connectivity index (χ1n) is 7.77. The van der Waals surface area contributed by atoms with E-state index in [1.165, 1.54) is 12.1 Å². The third kappa shape index (κ3) is 3.09. The zero-order valence-corrected chi connectivity index (χ0v) is 14.9. The highest BCUT2D eigenvalue weighted by Gasteiger charge is 2.11. The van der Waals surface area contributed by atoms with Gasteiger partial charge in [-0.3, -0.25) is 9.36 Å². The standard InChI is InChI=1S/C19H12BrFN4O/c20-13-5-8-16(15(21)10-13)24-19(26)12-3-6-14(7-4-12)25-11-23-17-2-1-9-22-18(17)25/h1-11H,(H,24,26). The molecule has 0 aliphatic rings. The maximum Gasteiger partial charge on any atom is 0.255 e. The molecule has 0 spiro atoms. The number of amides is 1. The second-order valence-corrected chi connectivity index (χ2v) is 6.50. The Kier molecular flexibility index (Phi) is 4.22. The van der Waals surface area contributed by atoms with Crippen molar-refractivity contribution in [2.24, 2.45) is 0 Å². The van der Waals surface area contributed by atoms with E-state index in [4.69, 9.17) is 0 Å². The molecule has 0 saturated carbocycles. The molecule has 0 aliphatic heterocycles. The number of pyridine rings is 1. The lowest BCUT2D eigenvalue weighted by Crippen LogP contribution is -2.13. The summed E-state index contributed by atoms with van der Waals surface area (Å²) >= 11 is 3.19. The van der Waals surface area contributed by atoms with Crippen LogP contribution < -0.4 is 5.32 Å². The van der Waals surface area contributed by atoms with E-state index in [0.29, 0.717) is 10.0 Å². The molecule has 1 amide bonds. The van der Waals surface area contributed by atoms with E-state index in [2.05, 4.69) is 31.2 Å². The number of benzene rings is 2. The van der Waals surface area contributed by atoms with Crippen molar-refractivity contribution >= 4 is 38.7 Å². The molecule has 0 fully saturated rings. The van der Waals surface area contributed by atoms with Crippen molar-refractivity contribution in [3.05, 3.63) is 83.0 Å². The van der Waals surface area contributed by atoms with E-state index in [1.54, 1.807) is 42.9 Å². The van der Waals surface area contributed by atoms with E-state index >= 15 is 0 Å². The third-order valence-electron chi connectivity index (χ3n) is 3.89. The number of halogens is 2. The molecule has 0 unspecified atom stereocenters. The predicted octanol–water partition coefficient (Wildman–Crippen LogP) is 4.57. The average Bonchev–Trinajstić information content (AvgIpc) is 3.08. The third-order valence-corrected chi connectivity index (χ3v) is 4.39. The van der Waals surface area contributed by atoms with Crippen LogP contribution in [0, 0.1) is 5.82 Å². The van der Waals surface area contributed by atoms with Crippen LogP contribution in [0.2, 0.25) is 0 Å². The molecule has 26 heavy (non-hydrogen) atoms. The number of anilines is 1. The van der Waals surface area contributed by atoms with E-state index in [0.717, 1.165) is 16.9 Å². The zero-order chi connectivity index (χ0) is 18.1. The van der Waals surface area contributed by atoms with E-state index in [1.807, 2.05) is 16.7 Å². The lowest BCUT2D eigenvalue weighted by molar-refractivity contribution is 0.102. The molecule has 0 bridgehead atoms. The Labute approximate surface area is 156 Å². The average molecular weight is 411 g/mol. The minimum Gasteiger partial charge on any atom is -0.319 e. The Bertz CT molecular complexity index is 1110. The van der Waals surface area contributed by atoms with Crippen molar-refractivity contribution in [3.8, 4) is 5.69 Å². The molecule has 0 aliphatic carbocycles.